The van der Waals surface area contributed by atoms with E-state index < -0.39 is 6.36 Å². The number of benzene rings is 2. The molecular formula is C22H18F3N5O2. The number of anilines is 1. The quantitative estimate of drug-likeness (QED) is 0.629. The maximum Gasteiger partial charge on any atom is 0.573 e. The van der Waals surface area contributed by atoms with E-state index in [1.807, 2.05) is 30.3 Å². The van der Waals surface area contributed by atoms with Gasteiger partial charge in [0.15, 0.2) is 0 Å². The average Bonchev–Trinajstić information content (AvgIpc) is 3.19. The number of nitrogens with zero attached hydrogens (tertiary/aromatic N) is 4. The molecule has 1 atom stereocenters. The molecule has 0 aliphatic carbocycles. The Labute approximate surface area is 181 Å². The van der Waals surface area contributed by atoms with Crippen molar-refractivity contribution >= 4 is 17.3 Å². The third kappa shape index (κ3) is 5.39. The molecule has 1 N–H and O–H groups in total. The lowest BCUT2D eigenvalue weighted by Gasteiger charge is -2.16. The molecule has 0 saturated carbocycles. The molecule has 2 heterocycles. The Bertz CT molecular complexity index is 1090. The number of hydrogen-bond acceptors (Lipinski definition) is 6. The van der Waals surface area contributed by atoms with Gasteiger partial charge in [0.05, 0.1) is 11.6 Å². The fourth-order valence-electron chi connectivity index (χ4n) is 3.39. The molecule has 164 valence electrons. The standard InChI is InChI=1S/C22H18F3N5O2/c23-22(24,25)32-18-8-6-17(7-9-18)28-20(31)13-30-12-19(16-10-26-14-27-11-16)21(29-30)15-4-2-1-3-5-15/h1-11,14,19H,12-13H2,(H,28,31). The molecule has 2 aromatic carbocycles. The third-order valence-electron chi connectivity index (χ3n) is 4.72. The summed E-state index contributed by atoms with van der Waals surface area (Å²) in [5.74, 6) is -0.819. The van der Waals surface area contributed by atoms with Crippen molar-refractivity contribution in [3.8, 4) is 5.75 Å². The van der Waals surface area contributed by atoms with Gasteiger partial charge in [0.25, 0.3) is 0 Å². The van der Waals surface area contributed by atoms with E-state index in [-0.39, 0.29) is 24.1 Å². The zero-order valence-electron chi connectivity index (χ0n) is 16.7. The van der Waals surface area contributed by atoms with Gasteiger partial charge in [0.1, 0.15) is 18.6 Å². The second-order valence-corrected chi connectivity index (χ2v) is 7.04. The van der Waals surface area contributed by atoms with E-state index >= 15 is 0 Å². The summed E-state index contributed by atoms with van der Waals surface area (Å²) < 4.78 is 40.6. The molecule has 1 aliphatic rings. The molecule has 4 rings (SSSR count). The molecule has 0 fully saturated rings. The molecular weight excluding hydrogens is 423 g/mol. The van der Waals surface area contributed by atoms with Crippen LogP contribution in [-0.2, 0) is 4.79 Å². The Kier molecular flexibility index (Phi) is 6.02. The number of ether oxygens (including phenoxy) is 1. The first-order valence-corrected chi connectivity index (χ1v) is 9.67. The smallest absolute Gasteiger partial charge is 0.406 e. The summed E-state index contributed by atoms with van der Waals surface area (Å²) in [4.78, 5) is 20.7. The lowest BCUT2D eigenvalue weighted by Crippen LogP contribution is -2.29. The molecule has 3 aromatic rings. The van der Waals surface area contributed by atoms with Gasteiger partial charge in [-0.2, -0.15) is 5.10 Å². The number of carbonyl (C=O) groups is 1. The van der Waals surface area contributed by atoms with E-state index in [0.717, 1.165) is 29.0 Å². The van der Waals surface area contributed by atoms with Crippen molar-refractivity contribution in [3.05, 3.63) is 84.4 Å². The zero-order chi connectivity index (χ0) is 22.6. The Morgan fingerprint density at radius 3 is 2.41 bits per heavy atom. The van der Waals surface area contributed by atoms with Gasteiger partial charge in [-0.25, -0.2) is 9.97 Å². The fraction of sp³-hybridized carbons (Fsp3) is 0.182. The number of carbonyl (C=O) groups excluding carboxylic acids is 1. The van der Waals surface area contributed by atoms with Crippen molar-refractivity contribution in [1.29, 1.82) is 0 Å². The lowest BCUT2D eigenvalue weighted by atomic mass is 9.92. The number of alkyl halides is 3. The largest absolute Gasteiger partial charge is 0.573 e. The number of rotatable bonds is 6. The Balaban J connectivity index is 1.44. The first kappa shape index (κ1) is 21.3. The molecule has 1 unspecified atom stereocenters. The highest BCUT2D eigenvalue weighted by atomic mass is 19.4. The topological polar surface area (TPSA) is 79.7 Å². The van der Waals surface area contributed by atoms with Gasteiger partial charge in [-0.05, 0) is 35.4 Å². The van der Waals surface area contributed by atoms with Crippen molar-refractivity contribution < 1.29 is 22.7 Å². The number of nitrogens with one attached hydrogen (secondary N) is 1. The highest BCUT2D eigenvalue weighted by molar-refractivity contribution is 6.06. The summed E-state index contributed by atoms with van der Waals surface area (Å²) >= 11 is 0. The van der Waals surface area contributed by atoms with Crippen LogP contribution in [0.4, 0.5) is 18.9 Å². The number of amides is 1. The van der Waals surface area contributed by atoms with E-state index in [1.165, 1.54) is 18.5 Å². The normalized spacial score (nSPS) is 15.9. The lowest BCUT2D eigenvalue weighted by molar-refractivity contribution is -0.274. The Hall–Kier alpha value is -3.95. The minimum atomic E-state index is -4.77. The SMILES string of the molecule is O=C(CN1CC(c2cncnc2)C(c2ccccc2)=N1)Nc1ccc(OC(F)(F)F)cc1. The van der Waals surface area contributed by atoms with Crippen molar-refractivity contribution in [3.63, 3.8) is 0 Å². The summed E-state index contributed by atoms with van der Waals surface area (Å²) in [7, 11) is 0. The highest BCUT2D eigenvalue weighted by Crippen LogP contribution is 2.28. The number of hydrogen-bond donors (Lipinski definition) is 1. The first-order valence-electron chi connectivity index (χ1n) is 9.67. The van der Waals surface area contributed by atoms with Gasteiger partial charge in [-0.15, -0.1) is 13.2 Å². The van der Waals surface area contributed by atoms with Crippen LogP contribution in [0.25, 0.3) is 0 Å². The van der Waals surface area contributed by atoms with Crippen molar-refractivity contribution in [1.82, 2.24) is 15.0 Å². The van der Waals surface area contributed by atoms with Gasteiger partial charge in [0, 0.05) is 24.6 Å². The van der Waals surface area contributed by atoms with Gasteiger partial charge < -0.3 is 10.1 Å². The van der Waals surface area contributed by atoms with Crippen LogP contribution in [0.1, 0.15) is 17.0 Å². The van der Waals surface area contributed by atoms with Crippen LogP contribution in [0.15, 0.2) is 78.4 Å². The average molecular weight is 441 g/mol. The number of hydrazone groups is 1. The first-order chi connectivity index (χ1) is 15.4. The highest BCUT2D eigenvalue weighted by Gasteiger charge is 2.31. The number of halogens is 3. The zero-order valence-corrected chi connectivity index (χ0v) is 16.7. The van der Waals surface area contributed by atoms with E-state index in [1.54, 1.807) is 17.4 Å². The van der Waals surface area contributed by atoms with Crippen LogP contribution in [0, 0.1) is 0 Å². The molecule has 7 nitrogen and oxygen atoms in total. The minimum Gasteiger partial charge on any atom is -0.406 e. The van der Waals surface area contributed by atoms with E-state index in [9.17, 15) is 18.0 Å². The Morgan fingerprint density at radius 1 is 1.06 bits per heavy atom. The summed E-state index contributed by atoms with van der Waals surface area (Å²) in [6.45, 7) is 0.435. The van der Waals surface area contributed by atoms with E-state index in [2.05, 4.69) is 25.1 Å². The van der Waals surface area contributed by atoms with Gasteiger partial charge >= 0.3 is 6.36 Å². The van der Waals surface area contributed by atoms with Crippen LogP contribution < -0.4 is 10.1 Å². The Morgan fingerprint density at radius 2 is 1.75 bits per heavy atom. The number of aromatic nitrogens is 2. The molecule has 1 aromatic heterocycles. The predicted octanol–water partition coefficient (Wildman–Crippen LogP) is 3.82. The molecule has 10 heteroatoms. The maximum atomic E-state index is 12.5. The fourth-order valence-corrected chi connectivity index (χ4v) is 3.39. The third-order valence-corrected chi connectivity index (χ3v) is 4.72. The maximum absolute atomic E-state index is 12.5. The van der Waals surface area contributed by atoms with Crippen molar-refractivity contribution in [2.24, 2.45) is 5.10 Å². The van der Waals surface area contributed by atoms with Crippen LogP contribution in [0.2, 0.25) is 0 Å². The molecule has 1 aliphatic heterocycles. The molecule has 0 radical (unpaired) electrons. The second-order valence-electron chi connectivity index (χ2n) is 7.04. The van der Waals surface area contributed by atoms with Crippen LogP contribution in [0.5, 0.6) is 5.75 Å². The van der Waals surface area contributed by atoms with Gasteiger partial charge in [-0.1, -0.05) is 30.3 Å². The van der Waals surface area contributed by atoms with E-state index in [4.69, 9.17) is 0 Å². The van der Waals surface area contributed by atoms with Crippen molar-refractivity contribution in [2.75, 3.05) is 18.4 Å². The predicted molar refractivity (Wildman–Crippen MR) is 111 cm³/mol. The van der Waals surface area contributed by atoms with Crippen LogP contribution >= 0.6 is 0 Å². The van der Waals surface area contributed by atoms with Gasteiger partial charge in [-0.3, -0.25) is 9.80 Å². The molecule has 32 heavy (non-hydrogen) atoms. The van der Waals surface area contributed by atoms with E-state index in [0.29, 0.717) is 12.2 Å². The summed E-state index contributed by atoms with van der Waals surface area (Å²) in [6, 6.07) is 14.6. The van der Waals surface area contributed by atoms with Crippen LogP contribution in [0.3, 0.4) is 0 Å². The molecule has 0 bridgehead atoms. The van der Waals surface area contributed by atoms with Crippen LogP contribution in [-0.4, -0.2) is 46.0 Å². The monoisotopic (exact) mass is 441 g/mol. The summed E-state index contributed by atoms with van der Waals surface area (Å²) in [5, 5.41) is 8.95. The second kappa shape index (κ2) is 9.04. The van der Waals surface area contributed by atoms with Gasteiger partial charge in [0.2, 0.25) is 5.91 Å². The van der Waals surface area contributed by atoms with Crippen molar-refractivity contribution in [2.45, 2.75) is 12.3 Å². The molecule has 0 spiro atoms. The minimum absolute atomic E-state index is 0.0265. The summed E-state index contributed by atoms with van der Waals surface area (Å²) in [6.07, 6.45) is 0.137. The summed E-state index contributed by atoms with van der Waals surface area (Å²) in [5.41, 5.74) is 2.98. The molecule has 0 saturated heterocycles. The molecule has 1 amide bonds.